The van der Waals surface area contributed by atoms with Crippen LogP contribution in [0, 0.1) is 5.82 Å². The van der Waals surface area contributed by atoms with E-state index in [2.05, 4.69) is 0 Å². The Kier molecular flexibility index (Phi) is 6.84. The van der Waals surface area contributed by atoms with E-state index in [1.54, 1.807) is 30.3 Å². The lowest BCUT2D eigenvalue weighted by molar-refractivity contribution is -0.140. The Morgan fingerprint density at radius 1 is 1.15 bits per heavy atom. The number of aliphatic hydroxyl groups excluding tert-OH is 1. The van der Waals surface area contributed by atoms with Crippen LogP contribution in [-0.2, 0) is 16.1 Å². The van der Waals surface area contributed by atoms with Crippen LogP contribution in [0.5, 0.6) is 5.75 Å². The smallest absolute Gasteiger partial charge is 0.295 e. The van der Waals surface area contributed by atoms with Gasteiger partial charge in [-0.25, -0.2) is 4.39 Å². The number of thiophene rings is 1. The molecule has 1 saturated heterocycles. The van der Waals surface area contributed by atoms with Gasteiger partial charge in [0.25, 0.3) is 11.7 Å². The average molecular weight is 480 g/mol. The Labute approximate surface area is 202 Å². The minimum absolute atomic E-state index is 0.0953. The van der Waals surface area contributed by atoms with E-state index < -0.39 is 23.5 Å². The molecule has 3 aromatic rings. The standard InChI is InChI=1S/C27H26FNO4S/c1-4-33-22-12-11-17(14-20(22)16(2)3)25(30)23-24(19-9-5-6-10-21(19)28)29(27(32)26(23)31)15-18-8-7-13-34-18/h5-14,16,24,30H,4,15H2,1-3H3/b25-23+. The summed E-state index contributed by atoms with van der Waals surface area (Å²) in [7, 11) is 0. The molecule has 0 spiro atoms. The summed E-state index contributed by atoms with van der Waals surface area (Å²) in [6, 6.07) is 13.8. The zero-order valence-electron chi connectivity index (χ0n) is 19.2. The van der Waals surface area contributed by atoms with Crippen molar-refractivity contribution in [3.63, 3.8) is 0 Å². The SMILES string of the molecule is CCOc1ccc(/C(O)=C2\C(=O)C(=O)N(Cc3cccs3)C2c2ccccc2F)cc1C(C)C. The van der Waals surface area contributed by atoms with Gasteiger partial charge < -0.3 is 14.7 Å². The van der Waals surface area contributed by atoms with Crippen LogP contribution in [0.3, 0.4) is 0 Å². The molecule has 1 N–H and O–H groups in total. The van der Waals surface area contributed by atoms with Gasteiger partial charge in [0, 0.05) is 16.0 Å². The minimum Gasteiger partial charge on any atom is -0.507 e. The van der Waals surface area contributed by atoms with Gasteiger partial charge in [-0.2, -0.15) is 0 Å². The Hall–Kier alpha value is -3.45. The summed E-state index contributed by atoms with van der Waals surface area (Å²) in [5.41, 5.74) is 1.28. The lowest BCUT2D eigenvalue weighted by Gasteiger charge is -2.25. The van der Waals surface area contributed by atoms with Gasteiger partial charge in [-0.05, 0) is 54.1 Å². The maximum Gasteiger partial charge on any atom is 0.295 e. The first-order valence-corrected chi connectivity index (χ1v) is 12.0. The van der Waals surface area contributed by atoms with Gasteiger partial charge >= 0.3 is 0 Å². The summed E-state index contributed by atoms with van der Waals surface area (Å²) in [5.74, 6) is -1.69. The molecule has 4 rings (SSSR count). The number of amides is 1. The number of ether oxygens (including phenoxy) is 1. The second-order valence-electron chi connectivity index (χ2n) is 8.37. The van der Waals surface area contributed by atoms with Gasteiger partial charge in [0.15, 0.2) is 0 Å². The molecule has 1 fully saturated rings. The summed E-state index contributed by atoms with van der Waals surface area (Å²) in [5, 5.41) is 13.2. The van der Waals surface area contributed by atoms with E-state index in [1.165, 1.54) is 28.4 Å². The zero-order chi connectivity index (χ0) is 24.4. The molecule has 0 saturated carbocycles. The number of carbonyl (C=O) groups is 2. The van der Waals surface area contributed by atoms with Crippen LogP contribution in [0.2, 0.25) is 0 Å². The average Bonchev–Trinajstić information content (AvgIpc) is 3.42. The Bertz CT molecular complexity index is 1250. The van der Waals surface area contributed by atoms with Gasteiger partial charge in [0.1, 0.15) is 17.3 Å². The second-order valence-corrected chi connectivity index (χ2v) is 9.40. The monoisotopic (exact) mass is 479 g/mol. The van der Waals surface area contributed by atoms with Crippen LogP contribution in [0.15, 0.2) is 65.6 Å². The van der Waals surface area contributed by atoms with Crippen LogP contribution in [-0.4, -0.2) is 28.3 Å². The molecule has 7 heteroatoms. The highest BCUT2D eigenvalue weighted by atomic mass is 32.1. The number of Topliss-reactive ketones (excluding diaryl/α,β-unsaturated/α-hetero) is 1. The van der Waals surface area contributed by atoms with Crippen LogP contribution in [0.25, 0.3) is 5.76 Å². The normalized spacial score (nSPS) is 17.6. The second kappa shape index (κ2) is 9.81. The molecule has 0 aliphatic carbocycles. The molecule has 1 atom stereocenters. The Morgan fingerprint density at radius 2 is 1.91 bits per heavy atom. The van der Waals surface area contributed by atoms with Crippen molar-refractivity contribution in [2.45, 2.75) is 39.3 Å². The number of ketones is 1. The van der Waals surface area contributed by atoms with Crippen molar-refractivity contribution in [3.8, 4) is 5.75 Å². The summed E-state index contributed by atoms with van der Waals surface area (Å²) in [4.78, 5) is 28.5. The number of aliphatic hydroxyl groups is 1. The third kappa shape index (κ3) is 4.35. The minimum atomic E-state index is -1.04. The summed E-state index contributed by atoms with van der Waals surface area (Å²) in [6.07, 6.45) is 0. The third-order valence-corrected chi connectivity index (χ3v) is 6.71. The first-order valence-electron chi connectivity index (χ1n) is 11.2. The zero-order valence-corrected chi connectivity index (χ0v) is 20.1. The number of rotatable bonds is 7. The maximum absolute atomic E-state index is 14.9. The number of hydrogen-bond donors (Lipinski definition) is 1. The van der Waals surface area contributed by atoms with Crippen LogP contribution in [0.1, 0.15) is 54.3 Å². The molecular weight excluding hydrogens is 453 g/mol. The first-order chi connectivity index (χ1) is 16.3. The number of hydrogen-bond acceptors (Lipinski definition) is 5. The van der Waals surface area contributed by atoms with Crippen LogP contribution in [0.4, 0.5) is 4.39 Å². The molecule has 2 aromatic carbocycles. The van der Waals surface area contributed by atoms with Gasteiger partial charge in [-0.1, -0.05) is 38.1 Å². The molecule has 0 radical (unpaired) electrons. The molecule has 1 aliphatic heterocycles. The molecule has 1 unspecified atom stereocenters. The van der Waals surface area contributed by atoms with Crippen molar-refractivity contribution in [1.82, 2.24) is 4.90 Å². The summed E-state index contributed by atoms with van der Waals surface area (Å²) >= 11 is 1.44. The molecule has 5 nitrogen and oxygen atoms in total. The van der Waals surface area contributed by atoms with Gasteiger partial charge in [0.2, 0.25) is 0 Å². The number of nitrogens with zero attached hydrogens (tertiary/aromatic N) is 1. The lowest BCUT2D eigenvalue weighted by atomic mass is 9.93. The molecule has 2 heterocycles. The number of halogens is 1. The van der Waals surface area contributed by atoms with Crippen molar-refractivity contribution in [3.05, 3.63) is 92.9 Å². The fourth-order valence-corrected chi connectivity index (χ4v) is 4.93. The molecule has 34 heavy (non-hydrogen) atoms. The van der Waals surface area contributed by atoms with E-state index in [4.69, 9.17) is 4.74 Å². The van der Waals surface area contributed by atoms with Crippen molar-refractivity contribution >= 4 is 28.8 Å². The molecule has 1 amide bonds. The van der Waals surface area contributed by atoms with Crippen molar-refractivity contribution in [2.24, 2.45) is 0 Å². The van der Waals surface area contributed by atoms with Gasteiger partial charge in [0.05, 0.1) is 24.8 Å². The van der Waals surface area contributed by atoms with E-state index in [9.17, 15) is 19.1 Å². The quantitative estimate of drug-likeness (QED) is 0.255. The van der Waals surface area contributed by atoms with E-state index in [0.29, 0.717) is 17.9 Å². The van der Waals surface area contributed by atoms with Gasteiger partial charge in [-0.3, -0.25) is 9.59 Å². The first kappa shape index (κ1) is 23.7. The van der Waals surface area contributed by atoms with Gasteiger partial charge in [-0.15, -0.1) is 11.3 Å². The number of carbonyl (C=O) groups excluding carboxylic acids is 2. The largest absolute Gasteiger partial charge is 0.507 e. The lowest BCUT2D eigenvalue weighted by Crippen LogP contribution is -2.29. The maximum atomic E-state index is 14.9. The molecular formula is C27H26FNO4S. The Balaban J connectivity index is 1.88. The van der Waals surface area contributed by atoms with E-state index in [0.717, 1.165) is 10.4 Å². The van der Waals surface area contributed by atoms with Crippen LogP contribution < -0.4 is 4.74 Å². The highest BCUT2D eigenvalue weighted by Gasteiger charge is 2.47. The third-order valence-electron chi connectivity index (χ3n) is 5.85. The highest BCUT2D eigenvalue weighted by molar-refractivity contribution is 7.09. The number of benzene rings is 2. The fourth-order valence-electron chi connectivity index (χ4n) is 4.22. The molecule has 176 valence electrons. The van der Waals surface area contributed by atoms with E-state index in [1.807, 2.05) is 38.3 Å². The van der Waals surface area contributed by atoms with Crippen LogP contribution >= 0.6 is 11.3 Å². The van der Waals surface area contributed by atoms with Crippen molar-refractivity contribution in [1.29, 1.82) is 0 Å². The fraction of sp³-hybridized carbons (Fsp3) is 0.259. The van der Waals surface area contributed by atoms with E-state index >= 15 is 0 Å². The topological polar surface area (TPSA) is 66.8 Å². The Morgan fingerprint density at radius 3 is 2.56 bits per heavy atom. The summed E-state index contributed by atoms with van der Waals surface area (Å²) in [6.45, 7) is 6.52. The molecule has 1 aliphatic rings. The predicted octanol–water partition coefficient (Wildman–Crippen LogP) is 6.03. The molecule has 0 bridgehead atoms. The molecule has 1 aromatic heterocycles. The predicted molar refractivity (Wildman–Crippen MR) is 130 cm³/mol. The van der Waals surface area contributed by atoms with Crippen molar-refractivity contribution < 1.29 is 23.8 Å². The van der Waals surface area contributed by atoms with E-state index in [-0.39, 0.29) is 29.4 Å². The van der Waals surface area contributed by atoms with Crippen molar-refractivity contribution in [2.75, 3.05) is 6.61 Å². The highest BCUT2D eigenvalue weighted by Crippen LogP contribution is 2.42. The number of likely N-dealkylation sites (tertiary alicyclic amines) is 1. The summed E-state index contributed by atoms with van der Waals surface area (Å²) < 4.78 is 20.6.